The Balaban J connectivity index is 2.60. The molecular formula is C15H9F6NO3S. The highest BCUT2D eigenvalue weighted by Gasteiger charge is 2.38. The Hall–Kier alpha value is -2.56. The van der Waals surface area contributed by atoms with Crippen molar-refractivity contribution in [3.05, 3.63) is 59.2 Å². The summed E-state index contributed by atoms with van der Waals surface area (Å²) in [6, 6.07) is 5.07. The zero-order valence-corrected chi connectivity index (χ0v) is 13.3. The van der Waals surface area contributed by atoms with E-state index in [4.69, 9.17) is 0 Å². The van der Waals surface area contributed by atoms with E-state index in [1.807, 2.05) is 4.72 Å². The Bertz CT molecular complexity index is 903. The van der Waals surface area contributed by atoms with Crippen LogP contribution in [0.15, 0.2) is 47.4 Å². The molecule has 0 aromatic heterocycles. The highest BCUT2D eigenvalue weighted by Crippen LogP contribution is 2.37. The van der Waals surface area contributed by atoms with E-state index in [-0.39, 0.29) is 35.7 Å². The van der Waals surface area contributed by atoms with E-state index in [1.54, 1.807) is 0 Å². The molecule has 0 unspecified atom stereocenters. The monoisotopic (exact) mass is 397 g/mol. The number of para-hydroxylation sites is 1. The minimum absolute atomic E-state index is 0.0844. The second-order valence-electron chi connectivity index (χ2n) is 5.05. The van der Waals surface area contributed by atoms with Crippen LogP contribution in [0.3, 0.4) is 0 Å². The van der Waals surface area contributed by atoms with Gasteiger partial charge in [0.2, 0.25) is 0 Å². The molecule has 0 saturated carbocycles. The van der Waals surface area contributed by atoms with Crippen molar-refractivity contribution in [3.8, 4) is 0 Å². The number of carbonyl (C=O) groups excluding carboxylic acids is 1. The normalized spacial score (nSPS) is 12.7. The SMILES string of the molecule is O=Cc1ccccc1NS(=O)(=O)c1cc(C(F)(F)F)cc(C(F)(F)F)c1. The summed E-state index contributed by atoms with van der Waals surface area (Å²) in [6.07, 6.45) is -10.1. The molecule has 0 atom stereocenters. The van der Waals surface area contributed by atoms with Crippen LogP contribution >= 0.6 is 0 Å². The average molecular weight is 397 g/mol. The van der Waals surface area contributed by atoms with E-state index in [0.29, 0.717) is 0 Å². The van der Waals surface area contributed by atoms with Gasteiger partial charge in [-0.1, -0.05) is 12.1 Å². The van der Waals surface area contributed by atoms with Crippen LogP contribution in [0.1, 0.15) is 21.5 Å². The van der Waals surface area contributed by atoms with E-state index in [9.17, 15) is 39.6 Å². The largest absolute Gasteiger partial charge is 0.416 e. The maximum Gasteiger partial charge on any atom is 0.416 e. The lowest BCUT2D eigenvalue weighted by molar-refractivity contribution is -0.143. The summed E-state index contributed by atoms with van der Waals surface area (Å²) in [7, 11) is -4.82. The predicted octanol–water partition coefficient (Wildman–Crippen LogP) is 4.34. The van der Waals surface area contributed by atoms with Gasteiger partial charge >= 0.3 is 12.4 Å². The number of hydrogen-bond donors (Lipinski definition) is 1. The van der Waals surface area contributed by atoms with Gasteiger partial charge < -0.3 is 0 Å². The number of carbonyl (C=O) groups is 1. The van der Waals surface area contributed by atoms with Crippen molar-refractivity contribution in [2.75, 3.05) is 4.72 Å². The minimum atomic E-state index is -5.19. The molecule has 26 heavy (non-hydrogen) atoms. The summed E-state index contributed by atoms with van der Waals surface area (Å²) < 4.78 is 103. The second kappa shape index (κ2) is 6.63. The lowest BCUT2D eigenvalue weighted by Gasteiger charge is -2.15. The fraction of sp³-hybridized carbons (Fsp3) is 0.133. The number of aldehydes is 1. The first-order valence-electron chi connectivity index (χ1n) is 6.71. The van der Waals surface area contributed by atoms with Crippen molar-refractivity contribution in [1.29, 1.82) is 0 Å². The first-order chi connectivity index (χ1) is 11.8. The van der Waals surface area contributed by atoms with Gasteiger partial charge in [0.25, 0.3) is 10.0 Å². The Kier molecular flexibility index (Phi) is 5.04. The van der Waals surface area contributed by atoms with Crippen molar-refractivity contribution >= 4 is 22.0 Å². The molecule has 0 spiro atoms. The van der Waals surface area contributed by atoms with Crippen molar-refractivity contribution in [1.82, 2.24) is 0 Å². The van der Waals surface area contributed by atoms with E-state index < -0.39 is 38.4 Å². The van der Waals surface area contributed by atoms with E-state index in [2.05, 4.69) is 0 Å². The molecule has 0 heterocycles. The van der Waals surface area contributed by atoms with Crippen molar-refractivity contribution < 1.29 is 39.6 Å². The summed E-state index contributed by atoms with van der Waals surface area (Å²) in [6.45, 7) is 0. The molecule has 0 aliphatic rings. The average Bonchev–Trinajstić information content (AvgIpc) is 2.53. The predicted molar refractivity (Wildman–Crippen MR) is 79.1 cm³/mol. The molecule has 1 N–H and O–H groups in total. The van der Waals surface area contributed by atoms with Gasteiger partial charge in [-0.25, -0.2) is 8.42 Å². The van der Waals surface area contributed by atoms with Crippen LogP contribution in [0.2, 0.25) is 0 Å². The first-order valence-corrected chi connectivity index (χ1v) is 8.19. The molecule has 0 aliphatic carbocycles. The summed E-state index contributed by atoms with van der Waals surface area (Å²) in [5.74, 6) is 0. The number of nitrogens with one attached hydrogen (secondary N) is 1. The van der Waals surface area contributed by atoms with Crippen LogP contribution in [0.25, 0.3) is 0 Å². The Morgan fingerprint density at radius 3 is 1.81 bits per heavy atom. The molecule has 140 valence electrons. The molecule has 2 aromatic carbocycles. The fourth-order valence-corrected chi connectivity index (χ4v) is 3.14. The summed E-state index contributed by atoms with van der Waals surface area (Å²) >= 11 is 0. The molecule has 0 bridgehead atoms. The van der Waals surface area contributed by atoms with E-state index in [0.717, 1.165) is 6.07 Å². The summed E-state index contributed by atoms with van der Waals surface area (Å²) in [5, 5.41) is 0. The lowest BCUT2D eigenvalue weighted by atomic mass is 10.1. The van der Waals surface area contributed by atoms with Crippen LogP contribution in [-0.2, 0) is 22.4 Å². The number of rotatable bonds is 4. The Morgan fingerprint density at radius 2 is 1.35 bits per heavy atom. The number of benzene rings is 2. The van der Waals surface area contributed by atoms with Crippen LogP contribution in [0, 0.1) is 0 Å². The van der Waals surface area contributed by atoms with Gasteiger partial charge in [0.1, 0.15) is 0 Å². The van der Waals surface area contributed by atoms with Gasteiger partial charge in [-0.2, -0.15) is 26.3 Å². The third-order valence-corrected chi connectivity index (χ3v) is 4.55. The van der Waals surface area contributed by atoms with Gasteiger partial charge in [-0.05, 0) is 30.3 Å². The zero-order chi connectivity index (χ0) is 19.8. The maximum absolute atomic E-state index is 12.8. The van der Waals surface area contributed by atoms with Gasteiger partial charge in [0.15, 0.2) is 6.29 Å². The Morgan fingerprint density at radius 1 is 0.846 bits per heavy atom. The van der Waals surface area contributed by atoms with Crippen LogP contribution in [-0.4, -0.2) is 14.7 Å². The molecule has 2 aromatic rings. The lowest BCUT2D eigenvalue weighted by Crippen LogP contribution is -2.18. The molecule has 0 radical (unpaired) electrons. The number of sulfonamides is 1. The van der Waals surface area contributed by atoms with Crippen LogP contribution in [0.4, 0.5) is 32.0 Å². The first kappa shape index (κ1) is 19.8. The minimum Gasteiger partial charge on any atom is -0.298 e. The zero-order valence-electron chi connectivity index (χ0n) is 12.5. The molecule has 0 amide bonds. The smallest absolute Gasteiger partial charge is 0.298 e. The molecular weight excluding hydrogens is 388 g/mol. The second-order valence-corrected chi connectivity index (χ2v) is 6.73. The third kappa shape index (κ3) is 4.34. The van der Waals surface area contributed by atoms with Gasteiger partial charge in [-0.15, -0.1) is 0 Å². The van der Waals surface area contributed by atoms with Gasteiger partial charge in [0, 0.05) is 5.56 Å². The fourth-order valence-electron chi connectivity index (χ4n) is 1.98. The highest BCUT2D eigenvalue weighted by atomic mass is 32.2. The van der Waals surface area contributed by atoms with E-state index >= 15 is 0 Å². The summed E-state index contributed by atoms with van der Waals surface area (Å²) in [5.41, 5.74) is -3.96. The molecule has 0 saturated heterocycles. The molecule has 0 aliphatic heterocycles. The van der Waals surface area contributed by atoms with E-state index in [1.165, 1.54) is 18.2 Å². The van der Waals surface area contributed by atoms with Crippen LogP contribution < -0.4 is 4.72 Å². The Labute approximate surface area is 143 Å². The molecule has 4 nitrogen and oxygen atoms in total. The molecule has 2 rings (SSSR count). The van der Waals surface area contributed by atoms with Crippen molar-refractivity contribution in [2.45, 2.75) is 17.2 Å². The topological polar surface area (TPSA) is 63.2 Å². The number of alkyl halides is 6. The quantitative estimate of drug-likeness (QED) is 0.617. The van der Waals surface area contributed by atoms with Gasteiger partial charge in [-0.3, -0.25) is 9.52 Å². The van der Waals surface area contributed by atoms with Gasteiger partial charge in [0.05, 0.1) is 21.7 Å². The highest BCUT2D eigenvalue weighted by molar-refractivity contribution is 7.92. The maximum atomic E-state index is 12.8. The third-order valence-electron chi connectivity index (χ3n) is 3.20. The van der Waals surface area contributed by atoms with Crippen LogP contribution in [0.5, 0.6) is 0 Å². The number of anilines is 1. The number of hydrogen-bond acceptors (Lipinski definition) is 3. The molecule has 11 heteroatoms. The number of halogens is 6. The van der Waals surface area contributed by atoms with Crippen molar-refractivity contribution in [3.63, 3.8) is 0 Å². The standard InChI is InChI=1S/C15H9F6NO3S/c16-14(17,18)10-5-11(15(19,20)21)7-12(6-10)26(24,25)22-13-4-2-1-3-9(13)8-23/h1-8,22H. The molecule has 0 fully saturated rings. The summed E-state index contributed by atoms with van der Waals surface area (Å²) in [4.78, 5) is 9.65. The van der Waals surface area contributed by atoms with Crippen molar-refractivity contribution in [2.24, 2.45) is 0 Å².